The minimum atomic E-state index is -0.149. The summed E-state index contributed by atoms with van der Waals surface area (Å²) in [6.45, 7) is 6.09. The maximum Gasteiger partial charge on any atom is 0.251 e. The Bertz CT molecular complexity index is 343. The molecule has 0 unspecified atom stereocenters. The molecule has 15 heavy (non-hydrogen) atoms. The summed E-state index contributed by atoms with van der Waals surface area (Å²) in [4.78, 5) is 11.8. The number of carbonyl (C=O) groups excluding carboxylic acids is 1. The van der Waals surface area contributed by atoms with Gasteiger partial charge < -0.3 is 5.32 Å². The van der Waals surface area contributed by atoms with Gasteiger partial charge >= 0.3 is 0 Å². The normalized spacial score (nSPS) is 11.2. The van der Waals surface area contributed by atoms with E-state index in [1.807, 2.05) is 38.1 Å². The van der Waals surface area contributed by atoms with Gasteiger partial charge in [-0.05, 0) is 44.5 Å². The molecule has 0 saturated heterocycles. The van der Waals surface area contributed by atoms with E-state index < -0.39 is 0 Å². The van der Waals surface area contributed by atoms with Crippen LogP contribution in [0.4, 0.5) is 0 Å². The first-order chi connectivity index (χ1) is 6.94. The number of rotatable bonds is 3. The van der Waals surface area contributed by atoms with Gasteiger partial charge in [-0.2, -0.15) is 0 Å². The molecule has 1 aromatic rings. The van der Waals surface area contributed by atoms with Gasteiger partial charge in [-0.3, -0.25) is 4.79 Å². The quantitative estimate of drug-likeness (QED) is 0.896. The molecule has 0 heterocycles. The zero-order valence-corrected chi connectivity index (χ0v) is 10.9. The first-order valence-corrected chi connectivity index (χ1v) is 5.82. The Hall–Kier alpha value is -0.830. The number of carbonyl (C=O) groups is 1. The molecule has 0 fully saturated rings. The summed E-state index contributed by atoms with van der Waals surface area (Å²) in [5.74, 6) is -0.0191. The predicted molar refractivity (Wildman–Crippen MR) is 66.0 cm³/mol. The van der Waals surface area contributed by atoms with E-state index in [9.17, 15) is 4.79 Å². The summed E-state index contributed by atoms with van der Waals surface area (Å²) in [6.07, 6.45) is 0.912. The van der Waals surface area contributed by atoms with Crippen LogP contribution in [-0.4, -0.2) is 11.4 Å². The van der Waals surface area contributed by atoms with Crippen LogP contribution >= 0.6 is 15.9 Å². The highest BCUT2D eigenvalue weighted by atomic mass is 79.9. The summed E-state index contributed by atoms with van der Waals surface area (Å²) < 4.78 is 0.980. The van der Waals surface area contributed by atoms with Crippen LogP contribution in [0.2, 0.25) is 0 Å². The van der Waals surface area contributed by atoms with Gasteiger partial charge in [0.1, 0.15) is 0 Å². The zero-order chi connectivity index (χ0) is 11.5. The summed E-state index contributed by atoms with van der Waals surface area (Å²) in [5, 5.41) is 2.99. The molecule has 2 nitrogen and oxygen atoms in total. The molecule has 1 N–H and O–H groups in total. The minimum absolute atomic E-state index is 0.0191. The van der Waals surface area contributed by atoms with Crippen molar-refractivity contribution in [3.8, 4) is 0 Å². The molecule has 0 bridgehead atoms. The lowest BCUT2D eigenvalue weighted by Crippen LogP contribution is -2.42. The molecule has 1 aromatic carbocycles. The van der Waals surface area contributed by atoms with Gasteiger partial charge in [-0.25, -0.2) is 0 Å². The molecule has 82 valence electrons. The molecule has 0 saturated carbocycles. The number of halogens is 1. The van der Waals surface area contributed by atoms with E-state index >= 15 is 0 Å². The molecule has 0 spiro atoms. The molecule has 0 aliphatic heterocycles. The molecule has 3 heteroatoms. The Balaban J connectivity index is 2.74. The van der Waals surface area contributed by atoms with Crippen molar-refractivity contribution in [1.29, 1.82) is 0 Å². The topological polar surface area (TPSA) is 29.1 Å². The molecular formula is C12H16BrNO. The Morgan fingerprint density at radius 3 is 2.33 bits per heavy atom. The fraction of sp³-hybridized carbons (Fsp3) is 0.417. The Morgan fingerprint density at radius 1 is 1.33 bits per heavy atom. The average Bonchev–Trinajstić information content (AvgIpc) is 2.18. The van der Waals surface area contributed by atoms with Gasteiger partial charge in [0.25, 0.3) is 5.91 Å². The largest absolute Gasteiger partial charge is 0.347 e. The van der Waals surface area contributed by atoms with Crippen LogP contribution in [0.5, 0.6) is 0 Å². The maximum absolute atomic E-state index is 11.8. The van der Waals surface area contributed by atoms with Crippen molar-refractivity contribution in [1.82, 2.24) is 5.32 Å². The van der Waals surface area contributed by atoms with Gasteiger partial charge in [0.15, 0.2) is 0 Å². The van der Waals surface area contributed by atoms with Crippen molar-refractivity contribution in [2.24, 2.45) is 0 Å². The summed E-state index contributed by atoms with van der Waals surface area (Å²) >= 11 is 3.34. The summed E-state index contributed by atoms with van der Waals surface area (Å²) in [7, 11) is 0. The summed E-state index contributed by atoms with van der Waals surface area (Å²) in [5.41, 5.74) is 0.546. The SMILES string of the molecule is CCC(C)(C)NC(=O)c1ccc(Br)cc1. The van der Waals surface area contributed by atoms with Crippen LogP contribution in [-0.2, 0) is 0 Å². The second-order valence-corrected chi connectivity index (χ2v) is 5.11. The van der Waals surface area contributed by atoms with E-state index in [1.54, 1.807) is 0 Å². The van der Waals surface area contributed by atoms with Crippen LogP contribution in [0, 0.1) is 0 Å². The van der Waals surface area contributed by atoms with Crippen LogP contribution in [0.1, 0.15) is 37.6 Å². The van der Waals surface area contributed by atoms with E-state index in [2.05, 4.69) is 28.2 Å². The number of hydrogen-bond donors (Lipinski definition) is 1. The third-order valence-electron chi connectivity index (χ3n) is 2.44. The highest BCUT2D eigenvalue weighted by Crippen LogP contribution is 2.12. The van der Waals surface area contributed by atoms with Gasteiger partial charge in [-0.1, -0.05) is 22.9 Å². The van der Waals surface area contributed by atoms with E-state index in [1.165, 1.54) is 0 Å². The number of benzene rings is 1. The third kappa shape index (κ3) is 3.67. The van der Waals surface area contributed by atoms with Crippen LogP contribution in [0.15, 0.2) is 28.7 Å². The predicted octanol–water partition coefficient (Wildman–Crippen LogP) is 3.37. The molecule has 0 aromatic heterocycles. The lowest BCUT2D eigenvalue weighted by Gasteiger charge is -2.24. The first kappa shape index (κ1) is 12.2. The third-order valence-corrected chi connectivity index (χ3v) is 2.97. The van der Waals surface area contributed by atoms with Crippen LogP contribution in [0.25, 0.3) is 0 Å². The molecule has 0 aliphatic rings. The molecule has 0 atom stereocenters. The van der Waals surface area contributed by atoms with E-state index in [0.717, 1.165) is 10.9 Å². The first-order valence-electron chi connectivity index (χ1n) is 5.03. The second-order valence-electron chi connectivity index (χ2n) is 4.20. The van der Waals surface area contributed by atoms with Crippen molar-refractivity contribution in [3.05, 3.63) is 34.3 Å². The summed E-state index contributed by atoms with van der Waals surface area (Å²) in [6, 6.07) is 7.36. The smallest absolute Gasteiger partial charge is 0.251 e. The Labute approximate surface area is 99.2 Å². The average molecular weight is 270 g/mol. The number of amides is 1. The fourth-order valence-electron chi connectivity index (χ4n) is 1.07. The van der Waals surface area contributed by atoms with Crippen molar-refractivity contribution >= 4 is 21.8 Å². The lowest BCUT2D eigenvalue weighted by molar-refractivity contribution is 0.0911. The van der Waals surface area contributed by atoms with Gasteiger partial charge in [0.05, 0.1) is 0 Å². The van der Waals surface area contributed by atoms with Gasteiger partial charge in [0, 0.05) is 15.6 Å². The van der Waals surface area contributed by atoms with E-state index in [4.69, 9.17) is 0 Å². The molecular weight excluding hydrogens is 254 g/mol. The lowest BCUT2D eigenvalue weighted by atomic mass is 10.0. The molecule has 1 amide bonds. The maximum atomic E-state index is 11.8. The van der Waals surface area contributed by atoms with E-state index in [-0.39, 0.29) is 11.4 Å². The molecule has 1 rings (SSSR count). The fourth-order valence-corrected chi connectivity index (χ4v) is 1.33. The van der Waals surface area contributed by atoms with Crippen molar-refractivity contribution in [2.75, 3.05) is 0 Å². The standard InChI is InChI=1S/C12H16BrNO/c1-4-12(2,3)14-11(15)9-5-7-10(13)8-6-9/h5-8H,4H2,1-3H3,(H,14,15). The Kier molecular flexibility index (Phi) is 3.91. The highest BCUT2D eigenvalue weighted by Gasteiger charge is 2.18. The van der Waals surface area contributed by atoms with Gasteiger partial charge in [-0.15, -0.1) is 0 Å². The van der Waals surface area contributed by atoms with Crippen molar-refractivity contribution < 1.29 is 4.79 Å². The zero-order valence-electron chi connectivity index (χ0n) is 9.30. The number of nitrogens with one attached hydrogen (secondary N) is 1. The minimum Gasteiger partial charge on any atom is -0.347 e. The van der Waals surface area contributed by atoms with Gasteiger partial charge in [0.2, 0.25) is 0 Å². The highest BCUT2D eigenvalue weighted by molar-refractivity contribution is 9.10. The van der Waals surface area contributed by atoms with Crippen molar-refractivity contribution in [3.63, 3.8) is 0 Å². The monoisotopic (exact) mass is 269 g/mol. The number of hydrogen-bond acceptors (Lipinski definition) is 1. The van der Waals surface area contributed by atoms with Crippen molar-refractivity contribution in [2.45, 2.75) is 32.7 Å². The Morgan fingerprint density at radius 2 is 1.87 bits per heavy atom. The second kappa shape index (κ2) is 4.79. The van der Waals surface area contributed by atoms with E-state index in [0.29, 0.717) is 5.56 Å². The molecule has 0 radical (unpaired) electrons. The van der Waals surface area contributed by atoms with Crippen LogP contribution in [0.3, 0.4) is 0 Å². The molecule has 0 aliphatic carbocycles. The van der Waals surface area contributed by atoms with Crippen LogP contribution < -0.4 is 5.32 Å².